The predicted molar refractivity (Wildman–Crippen MR) is 105 cm³/mol. The lowest BCUT2D eigenvalue weighted by atomic mass is 10.1. The topological polar surface area (TPSA) is 41.9 Å². The number of ether oxygens (including phenoxy) is 2. The van der Waals surface area contributed by atoms with Crippen LogP contribution in [0.3, 0.4) is 0 Å². The van der Waals surface area contributed by atoms with Gasteiger partial charge in [-0.05, 0) is 28.8 Å². The van der Waals surface area contributed by atoms with Gasteiger partial charge in [0.05, 0.1) is 6.10 Å². The third kappa shape index (κ3) is 4.48. The number of rotatable bonds is 7. The number of aliphatic hydroxyl groups is 1. The van der Waals surface area contributed by atoms with Crippen LogP contribution in [-0.4, -0.2) is 23.3 Å². The molecule has 0 saturated heterocycles. The van der Waals surface area contributed by atoms with Crippen LogP contribution in [-0.2, 0) is 13.1 Å². The summed E-state index contributed by atoms with van der Waals surface area (Å²) in [6.45, 7) is 2.31. The van der Waals surface area contributed by atoms with Crippen molar-refractivity contribution in [1.82, 2.24) is 4.90 Å². The van der Waals surface area contributed by atoms with Gasteiger partial charge < -0.3 is 14.6 Å². The van der Waals surface area contributed by atoms with E-state index in [0.717, 1.165) is 35.7 Å². The van der Waals surface area contributed by atoms with Gasteiger partial charge in [0.1, 0.15) is 0 Å². The lowest BCUT2D eigenvalue weighted by Crippen LogP contribution is -2.28. The molecule has 0 aliphatic carbocycles. The lowest BCUT2D eigenvalue weighted by Gasteiger charge is -2.25. The molecule has 1 N–H and O–H groups in total. The third-order valence-electron chi connectivity index (χ3n) is 4.71. The number of aliphatic hydroxyl groups excluding tert-OH is 1. The van der Waals surface area contributed by atoms with Gasteiger partial charge in [-0.15, -0.1) is 0 Å². The van der Waals surface area contributed by atoms with E-state index in [9.17, 15) is 5.11 Å². The summed E-state index contributed by atoms with van der Waals surface area (Å²) in [5.41, 5.74) is 3.29. The van der Waals surface area contributed by atoms with E-state index >= 15 is 0 Å². The molecule has 1 aliphatic heterocycles. The fourth-order valence-corrected chi connectivity index (χ4v) is 3.35. The normalized spacial score (nSPS) is 13.7. The molecule has 0 aromatic heterocycles. The first-order chi connectivity index (χ1) is 13.3. The molecule has 3 aromatic rings. The minimum absolute atomic E-state index is 0.277. The average molecular weight is 361 g/mol. The van der Waals surface area contributed by atoms with Crippen LogP contribution in [0, 0.1) is 0 Å². The van der Waals surface area contributed by atoms with Crippen LogP contribution in [0.25, 0.3) is 0 Å². The highest BCUT2D eigenvalue weighted by atomic mass is 16.7. The highest BCUT2D eigenvalue weighted by molar-refractivity contribution is 5.44. The van der Waals surface area contributed by atoms with Gasteiger partial charge in [-0.2, -0.15) is 0 Å². The summed E-state index contributed by atoms with van der Waals surface area (Å²) in [6, 6.07) is 26.2. The number of hydrogen-bond acceptors (Lipinski definition) is 4. The van der Waals surface area contributed by atoms with E-state index in [0.29, 0.717) is 6.54 Å². The molecule has 1 unspecified atom stereocenters. The third-order valence-corrected chi connectivity index (χ3v) is 4.71. The Balaban J connectivity index is 1.52. The zero-order valence-corrected chi connectivity index (χ0v) is 15.1. The van der Waals surface area contributed by atoms with E-state index in [1.54, 1.807) is 0 Å². The van der Waals surface area contributed by atoms with Gasteiger partial charge in [0.15, 0.2) is 11.5 Å². The van der Waals surface area contributed by atoms with E-state index in [1.165, 1.54) is 5.56 Å². The second-order valence-corrected chi connectivity index (χ2v) is 6.77. The molecule has 0 fully saturated rings. The molecule has 0 spiro atoms. The predicted octanol–water partition coefficient (Wildman–Crippen LogP) is 4.15. The minimum Gasteiger partial charge on any atom is -0.454 e. The number of hydrogen-bond donors (Lipinski definition) is 1. The molecule has 0 bridgehead atoms. The Morgan fingerprint density at radius 3 is 2.22 bits per heavy atom. The summed E-state index contributed by atoms with van der Waals surface area (Å²) < 4.78 is 10.9. The molecule has 138 valence electrons. The Kier molecular flexibility index (Phi) is 5.37. The molecule has 4 rings (SSSR count). The molecule has 4 nitrogen and oxygen atoms in total. The number of nitrogens with zero attached hydrogens (tertiary/aromatic N) is 1. The van der Waals surface area contributed by atoms with Crippen LogP contribution in [0.4, 0.5) is 0 Å². The summed E-state index contributed by atoms with van der Waals surface area (Å²) in [5, 5.41) is 10.7. The summed E-state index contributed by atoms with van der Waals surface area (Å²) >= 11 is 0. The minimum atomic E-state index is -0.538. The van der Waals surface area contributed by atoms with E-state index < -0.39 is 6.10 Å². The molecule has 4 heteroatoms. The Bertz CT molecular complexity index is 867. The smallest absolute Gasteiger partial charge is 0.231 e. The fourth-order valence-electron chi connectivity index (χ4n) is 3.35. The molecule has 0 saturated carbocycles. The molecular weight excluding hydrogens is 338 g/mol. The van der Waals surface area contributed by atoms with Crippen LogP contribution >= 0.6 is 0 Å². The average Bonchev–Trinajstić information content (AvgIpc) is 3.17. The highest BCUT2D eigenvalue weighted by Gasteiger charge is 2.17. The molecular formula is C23H23NO3. The van der Waals surface area contributed by atoms with Gasteiger partial charge in [-0.25, -0.2) is 0 Å². The fraction of sp³-hybridized carbons (Fsp3) is 0.217. The van der Waals surface area contributed by atoms with Gasteiger partial charge in [-0.3, -0.25) is 4.90 Å². The molecule has 1 aliphatic rings. The van der Waals surface area contributed by atoms with E-state index in [4.69, 9.17) is 9.47 Å². The van der Waals surface area contributed by atoms with Crippen molar-refractivity contribution in [2.24, 2.45) is 0 Å². The van der Waals surface area contributed by atoms with E-state index in [-0.39, 0.29) is 6.79 Å². The molecule has 0 amide bonds. The zero-order valence-electron chi connectivity index (χ0n) is 15.1. The maximum absolute atomic E-state index is 10.7. The largest absolute Gasteiger partial charge is 0.454 e. The monoisotopic (exact) mass is 361 g/mol. The Morgan fingerprint density at radius 1 is 0.778 bits per heavy atom. The van der Waals surface area contributed by atoms with Crippen LogP contribution in [0.1, 0.15) is 22.8 Å². The maximum Gasteiger partial charge on any atom is 0.231 e. The van der Waals surface area contributed by atoms with Crippen molar-refractivity contribution < 1.29 is 14.6 Å². The van der Waals surface area contributed by atoms with Gasteiger partial charge in [0.25, 0.3) is 0 Å². The van der Waals surface area contributed by atoms with Gasteiger partial charge in [0, 0.05) is 19.6 Å². The molecule has 3 aromatic carbocycles. The Morgan fingerprint density at radius 2 is 1.44 bits per heavy atom. The van der Waals surface area contributed by atoms with Crippen molar-refractivity contribution in [2.75, 3.05) is 13.3 Å². The Labute approximate surface area is 159 Å². The molecule has 27 heavy (non-hydrogen) atoms. The van der Waals surface area contributed by atoms with Gasteiger partial charge >= 0.3 is 0 Å². The van der Waals surface area contributed by atoms with Crippen molar-refractivity contribution in [3.8, 4) is 11.5 Å². The molecule has 1 heterocycles. The molecule has 0 radical (unpaired) electrons. The van der Waals surface area contributed by atoms with Gasteiger partial charge in [-0.1, -0.05) is 66.7 Å². The van der Waals surface area contributed by atoms with Crippen molar-refractivity contribution in [3.05, 3.63) is 95.6 Å². The van der Waals surface area contributed by atoms with Crippen molar-refractivity contribution in [1.29, 1.82) is 0 Å². The first-order valence-corrected chi connectivity index (χ1v) is 9.16. The Hall–Kier alpha value is -2.82. The number of benzene rings is 3. The first-order valence-electron chi connectivity index (χ1n) is 9.16. The van der Waals surface area contributed by atoms with Crippen LogP contribution in [0.2, 0.25) is 0 Å². The SMILES string of the molecule is OC(CN(Cc1ccccc1)Cc1ccc2c(c1)OCO2)c1ccccc1. The highest BCUT2D eigenvalue weighted by Crippen LogP contribution is 2.33. The summed E-state index contributed by atoms with van der Waals surface area (Å²) in [5.74, 6) is 1.58. The zero-order chi connectivity index (χ0) is 18.5. The van der Waals surface area contributed by atoms with Crippen LogP contribution in [0.5, 0.6) is 11.5 Å². The van der Waals surface area contributed by atoms with E-state index in [2.05, 4.69) is 23.1 Å². The maximum atomic E-state index is 10.7. The standard InChI is InChI=1S/C23H23NO3/c25-21(20-9-5-2-6-10-20)16-24(14-18-7-3-1-4-8-18)15-19-11-12-22-23(13-19)27-17-26-22/h1-13,21,25H,14-17H2. The van der Waals surface area contributed by atoms with Crippen molar-refractivity contribution in [2.45, 2.75) is 19.2 Å². The van der Waals surface area contributed by atoms with Crippen LogP contribution in [0.15, 0.2) is 78.9 Å². The van der Waals surface area contributed by atoms with Crippen molar-refractivity contribution in [3.63, 3.8) is 0 Å². The van der Waals surface area contributed by atoms with Crippen molar-refractivity contribution >= 4 is 0 Å². The first kappa shape index (κ1) is 17.6. The summed E-state index contributed by atoms with van der Waals surface area (Å²) in [4.78, 5) is 2.25. The quantitative estimate of drug-likeness (QED) is 0.686. The van der Waals surface area contributed by atoms with E-state index in [1.807, 2.05) is 60.7 Å². The second kappa shape index (κ2) is 8.25. The molecule has 1 atom stereocenters. The second-order valence-electron chi connectivity index (χ2n) is 6.77. The number of fused-ring (bicyclic) bond motifs is 1. The summed E-state index contributed by atoms with van der Waals surface area (Å²) in [7, 11) is 0. The summed E-state index contributed by atoms with van der Waals surface area (Å²) in [6.07, 6.45) is -0.538. The lowest BCUT2D eigenvalue weighted by molar-refractivity contribution is 0.105. The van der Waals surface area contributed by atoms with Crippen LogP contribution < -0.4 is 9.47 Å². The van der Waals surface area contributed by atoms with Gasteiger partial charge in [0.2, 0.25) is 6.79 Å².